The molecule has 0 nitrogen and oxygen atoms in total. The molecule has 0 saturated carbocycles. The van der Waals surface area contributed by atoms with Crippen molar-refractivity contribution in [3.05, 3.63) is 70.3 Å². The van der Waals surface area contributed by atoms with E-state index in [1.165, 1.54) is 0 Å². The van der Waals surface area contributed by atoms with Crippen molar-refractivity contribution >= 4 is 0 Å². The summed E-state index contributed by atoms with van der Waals surface area (Å²) >= 11 is 0. The number of halogens is 2. The number of aryl methyl sites for hydroxylation is 4. The Balaban J connectivity index is 1.88. The molecule has 0 atom stereocenters. The Morgan fingerprint density at radius 2 is 0.800 bits per heavy atom. The van der Waals surface area contributed by atoms with Gasteiger partial charge in [0.15, 0.2) is 0 Å². The second kappa shape index (κ2) is 5.74. The molecule has 0 heterocycles. The van der Waals surface area contributed by atoms with E-state index >= 15 is 0 Å². The van der Waals surface area contributed by atoms with E-state index in [1.807, 2.05) is 0 Å². The first-order valence-electron chi connectivity index (χ1n) is 7.26. The fraction of sp³-hybridized carbons (Fsp3) is 0.333. The van der Waals surface area contributed by atoms with Gasteiger partial charge in [-0.05, 0) is 85.0 Å². The summed E-state index contributed by atoms with van der Waals surface area (Å²) in [6.07, 6.45) is 5.22. The van der Waals surface area contributed by atoms with Crippen molar-refractivity contribution in [3.8, 4) is 0 Å². The van der Waals surface area contributed by atoms with Crippen LogP contribution in [0.5, 0.6) is 0 Å². The van der Waals surface area contributed by atoms with Crippen LogP contribution in [0.2, 0.25) is 0 Å². The van der Waals surface area contributed by atoms with Gasteiger partial charge in [-0.25, -0.2) is 8.78 Å². The van der Waals surface area contributed by atoms with Crippen molar-refractivity contribution in [1.82, 2.24) is 0 Å². The highest BCUT2D eigenvalue weighted by atomic mass is 19.1. The van der Waals surface area contributed by atoms with Gasteiger partial charge in [0.25, 0.3) is 0 Å². The first kappa shape index (κ1) is 13.3. The molecule has 1 aliphatic rings. The van der Waals surface area contributed by atoms with Crippen molar-refractivity contribution in [3.63, 3.8) is 0 Å². The molecule has 0 radical (unpaired) electrons. The maximum atomic E-state index is 13.6. The van der Waals surface area contributed by atoms with Gasteiger partial charge in [-0.15, -0.1) is 0 Å². The van der Waals surface area contributed by atoms with E-state index in [-0.39, 0.29) is 11.6 Å². The predicted octanol–water partition coefficient (Wildman–Crippen LogP) is 4.63. The lowest BCUT2D eigenvalue weighted by atomic mass is 9.96. The molecule has 0 aromatic heterocycles. The Bertz CT molecular complexity index is 517. The maximum absolute atomic E-state index is 13.6. The first-order chi connectivity index (χ1) is 9.69. The summed E-state index contributed by atoms with van der Waals surface area (Å²) in [5.74, 6) is -0.279. The first-order valence-corrected chi connectivity index (χ1v) is 7.26. The van der Waals surface area contributed by atoms with Gasteiger partial charge in [-0.1, -0.05) is 12.1 Å². The standard InChI is InChI=1S/C18H18F2/c19-17-9-13-3-1-4-14-8-16(12-18(20)10-14)6-2-5-15(7-13)11-17/h7-12H,1-6H2. The van der Waals surface area contributed by atoms with Gasteiger partial charge in [-0.3, -0.25) is 0 Å². The molecule has 3 rings (SSSR count). The summed E-state index contributed by atoms with van der Waals surface area (Å²) in [6.45, 7) is 0. The van der Waals surface area contributed by atoms with E-state index in [0.29, 0.717) is 0 Å². The summed E-state index contributed by atoms with van der Waals surface area (Å²) in [5.41, 5.74) is 4.21. The lowest BCUT2D eigenvalue weighted by Crippen LogP contribution is -1.99. The quantitative estimate of drug-likeness (QED) is 0.656. The van der Waals surface area contributed by atoms with Gasteiger partial charge >= 0.3 is 0 Å². The van der Waals surface area contributed by atoms with Crippen LogP contribution < -0.4 is 0 Å². The average Bonchev–Trinajstić information content (AvgIpc) is 2.36. The topological polar surface area (TPSA) is 0 Å². The number of benzene rings is 2. The second-order valence-electron chi connectivity index (χ2n) is 5.64. The van der Waals surface area contributed by atoms with Crippen molar-refractivity contribution in [1.29, 1.82) is 0 Å². The summed E-state index contributed by atoms with van der Waals surface area (Å²) < 4.78 is 27.2. The Morgan fingerprint density at radius 1 is 0.500 bits per heavy atom. The third-order valence-corrected chi connectivity index (χ3v) is 3.90. The summed E-state index contributed by atoms with van der Waals surface area (Å²) in [6, 6.07) is 10.7. The van der Waals surface area contributed by atoms with Crippen LogP contribution >= 0.6 is 0 Å². The van der Waals surface area contributed by atoms with E-state index in [4.69, 9.17) is 0 Å². The molecule has 20 heavy (non-hydrogen) atoms. The van der Waals surface area contributed by atoms with Gasteiger partial charge in [0.05, 0.1) is 0 Å². The lowest BCUT2D eigenvalue weighted by Gasteiger charge is -2.11. The van der Waals surface area contributed by atoms with E-state index in [1.54, 1.807) is 24.3 Å². The molecule has 2 heteroatoms. The van der Waals surface area contributed by atoms with E-state index in [9.17, 15) is 8.78 Å². The lowest BCUT2D eigenvalue weighted by molar-refractivity contribution is 0.616. The van der Waals surface area contributed by atoms with E-state index in [2.05, 4.69) is 12.1 Å². The smallest absolute Gasteiger partial charge is 0.123 e. The number of hydrogen-bond donors (Lipinski definition) is 0. The number of fused-ring (bicyclic) bond motifs is 4. The zero-order valence-electron chi connectivity index (χ0n) is 11.5. The Hall–Kier alpha value is -1.70. The highest BCUT2D eigenvalue weighted by molar-refractivity contribution is 5.28. The third-order valence-electron chi connectivity index (χ3n) is 3.90. The van der Waals surface area contributed by atoms with Crippen LogP contribution in [0.3, 0.4) is 0 Å². The molecule has 0 fully saturated rings. The Kier molecular flexibility index (Phi) is 3.81. The van der Waals surface area contributed by atoms with Crippen molar-refractivity contribution in [2.24, 2.45) is 0 Å². The fourth-order valence-corrected chi connectivity index (χ4v) is 3.01. The predicted molar refractivity (Wildman–Crippen MR) is 76.9 cm³/mol. The van der Waals surface area contributed by atoms with Gasteiger partial charge < -0.3 is 0 Å². The molecular formula is C18H18F2. The van der Waals surface area contributed by atoms with Gasteiger partial charge in [0.1, 0.15) is 11.6 Å². The maximum Gasteiger partial charge on any atom is 0.123 e. The highest BCUT2D eigenvalue weighted by Gasteiger charge is 2.06. The minimum Gasteiger partial charge on any atom is -0.207 e. The van der Waals surface area contributed by atoms with Crippen LogP contribution in [-0.4, -0.2) is 0 Å². The van der Waals surface area contributed by atoms with Crippen molar-refractivity contribution < 1.29 is 8.78 Å². The van der Waals surface area contributed by atoms with E-state index in [0.717, 1.165) is 60.8 Å². The number of hydrogen-bond acceptors (Lipinski definition) is 0. The molecule has 0 amide bonds. The summed E-state index contributed by atoms with van der Waals surface area (Å²) in [4.78, 5) is 0. The molecule has 0 saturated heterocycles. The van der Waals surface area contributed by atoms with Crippen LogP contribution in [0.15, 0.2) is 36.4 Å². The van der Waals surface area contributed by atoms with Crippen LogP contribution in [-0.2, 0) is 25.7 Å². The third kappa shape index (κ3) is 3.24. The van der Waals surface area contributed by atoms with Crippen LogP contribution in [0.4, 0.5) is 8.78 Å². The monoisotopic (exact) mass is 272 g/mol. The average molecular weight is 272 g/mol. The normalized spacial score (nSPS) is 15.3. The van der Waals surface area contributed by atoms with Crippen molar-refractivity contribution in [2.75, 3.05) is 0 Å². The molecule has 1 aliphatic carbocycles. The summed E-state index contributed by atoms with van der Waals surface area (Å²) in [5, 5.41) is 0. The van der Waals surface area contributed by atoms with Crippen molar-refractivity contribution in [2.45, 2.75) is 38.5 Å². The Morgan fingerprint density at radius 3 is 1.10 bits per heavy atom. The van der Waals surface area contributed by atoms with Gasteiger partial charge in [0.2, 0.25) is 0 Å². The van der Waals surface area contributed by atoms with E-state index < -0.39 is 0 Å². The second-order valence-corrected chi connectivity index (χ2v) is 5.64. The minimum absolute atomic E-state index is 0.140. The Labute approximate surface area is 118 Å². The fourth-order valence-electron chi connectivity index (χ4n) is 3.01. The number of rotatable bonds is 0. The molecule has 0 aliphatic heterocycles. The molecule has 0 N–H and O–H groups in total. The van der Waals surface area contributed by atoms with Gasteiger partial charge in [0, 0.05) is 0 Å². The molecule has 4 bridgehead atoms. The SMILES string of the molecule is Fc1cc2cc(c1)CCCc1cc(F)cc(c1)CCC2. The molecule has 104 valence electrons. The highest BCUT2D eigenvalue weighted by Crippen LogP contribution is 2.19. The zero-order valence-corrected chi connectivity index (χ0v) is 11.5. The van der Waals surface area contributed by atoms with Crippen LogP contribution in [0, 0.1) is 11.6 Å². The largest absolute Gasteiger partial charge is 0.207 e. The molecule has 2 aromatic rings. The van der Waals surface area contributed by atoms with Crippen LogP contribution in [0.1, 0.15) is 35.1 Å². The molecule has 2 aromatic carbocycles. The molecular weight excluding hydrogens is 254 g/mol. The molecule has 0 unspecified atom stereocenters. The van der Waals surface area contributed by atoms with Gasteiger partial charge in [-0.2, -0.15) is 0 Å². The molecule has 0 spiro atoms. The minimum atomic E-state index is -0.140. The zero-order chi connectivity index (χ0) is 13.9. The van der Waals surface area contributed by atoms with Crippen LogP contribution in [0.25, 0.3) is 0 Å². The summed E-state index contributed by atoms with van der Waals surface area (Å²) in [7, 11) is 0.